The van der Waals surface area contributed by atoms with Gasteiger partial charge in [-0.3, -0.25) is 14.6 Å². The summed E-state index contributed by atoms with van der Waals surface area (Å²) < 4.78 is 17.5. The third kappa shape index (κ3) is 7.24. The molecular weight excluding hydrogens is 588 g/mol. The van der Waals surface area contributed by atoms with Crippen molar-refractivity contribution in [2.75, 3.05) is 39.3 Å². The monoisotopic (exact) mass is 624 g/mol. The average Bonchev–Trinajstić information content (AvgIpc) is 3.06. The second kappa shape index (κ2) is 13.9. The number of fused-ring (bicyclic) bond motifs is 1. The summed E-state index contributed by atoms with van der Waals surface area (Å²) >= 11 is 6.26. The van der Waals surface area contributed by atoms with E-state index in [1.54, 1.807) is 30.3 Å². The van der Waals surface area contributed by atoms with Gasteiger partial charge in [0.25, 0.3) is 0 Å². The molecule has 7 nitrogen and oxygen atoms in total. The van der Waals surface area contributed by atoms with E-state index in [0.29, 0.717) is 34.0 Å². The molecule has 45 heavy (non-hydrogen) atoms. The lowest BCUT2D eigenvalue weighted by Crippen LogP contribution is -2.50. The number of hydrogen-bond acceptors (Lipinski definition) is 7. The first-order valence-corrected chi connectivity index (χ1v) is 15.6. The minimum absolute atomic E-state index is 0.0895. The van der Waals surface area contributed by atoms with Crippen molar-refractivity contribution in [3.05, 3.63) is 135 Å². The molecule has 0 saturated carbocycles. The van der Waals surface area contributed by atoms with Crippen LogP contribution in [0.15, 0.2) is 106 Å². The van der Waals surface area contributed by atoms with Crippen molar-refractivity contribution < 1.29 is 19.0 Å². The minimum atomic E-state index is -0.666. The molecule has 5 aromatic rings. The summed E-state index contributed by atoms with van der Waals surface area (Å²) in [5, 5.41) is 11.9. The first kappa shape index (κ1) is 30.9. The standard InChI is InChI=1S/C37H37ClN2O5/c1-25-19-31(20-26(2)35(25)38)45-34-24-44-33-21-30(13-14-32(33)37(34)42)43-23-29(41)22-39-15-17-40(18-16-39)36(27-9-5-3-6-10-27)28-11-7-4-8-12-28/h3-14,19-21,24,29,36,41H,15-18,22-23H2,1-2H3/t29-/m1/s1. The van der Waals surface area contributed by atoms with Gasteiger partial charge in [0.1, 0.15) is 36.1 Å². The molecular formula is C37H37ClN2O5. The number of nitrogens with zero attached hydrogens (tertiary/aromatic N) is 2. The van der Waals surface area contributed by atoms with Crippen molar-refractivity contribution >= 4 is 22.6 Å². The number of β-amino-alcohol motifs (C(OH)–C–C–N with tert-alkyl or cyclic N) is 1. The van der Waals surface area contributed by atoms with Gasteiger partial charge in [-0.25, -0.2) is 0 Å². The summed E-state index contributed by atoms with van der Waals surface area (Å²) in [6.45, 7) is 7.92. The van der Waals surface area contributed by atoms with Gasteiger partial charge >= 0.3 is 0 Å². The second-order valence-corrected chi connectivity index (χ2v) is 12.0. The highest BCUT2D eigenvalue weighted by molar-refractivity contribution is 6.32. The Morgan fingerprint density at radius 3 is 2.09 bits per heavy atom. The number of ether oxygens (including phenoxy) is 2. The minimum Gasteiger partial charge on any atom is -0.491 e. The van der Waals surface area contributed by atoms with Crippen molar-refractivity contribution in [3.8, 4) is 17.2 Å². The van der Waals surface area contributed by atoms with Crippen LogP contribution >= 0.6 is 11.6 Å². The van der Waals surface area contributed by atoms with Crippen molar-refractivity contribution in [1.29, 1.82) is 0 Å². The van der Waals surface area contributed by atoms with Gasteiger partial charge in [0.15, 0.2) is 0 Å². The van der Waals surface area contributed by atoms with Crippen molar-refractivity contribution in [2.45, 2.75) is 26.0 Å². The number of benzene rings is 4. The van der Waals surface area contributed by atoms with E-state index in [4.69, 9.17) is 25.5 Å². The molecule has 8 heteroatoms. The van der Waals surface area contributed by atoms with E-state index in [1.165, 1.54) is 17.4 Å². The third-order valence-electron chi connectivity index (χ3n) is 8.27. The fourth-order valence-electron chi connectivity index (χ4n) is 5.98. The van der Waals surface area contributed by atoms with Crippen molar-refractivity contribution in [1.82, 2.24) is 9.80 Å². The molecule has 1 aliphatic rings. The zero-order chi connectivity index (χ0) is 31.3. The van der Waals surface area contributed by atoms with Gasteiger partial charge in [0, 0.05) is 43.8 Å². The SMILES string of the molecule is Cc1cc(Oc2coc3cc(OC[C@H](O)CN4CCN(C(c5ccccc5)c5ccccc5)CC4)ccc3c2=O)cc(C)c1Cl. The van der Waals surface area contributed by atoms with Crippen LogP contribution in [0.25, 0.3) is 11.0 Å². The molecule has 0 bridgehead atoms. The summed E-state index contributed by atoms with van der Waals surface area (Å²) in [7, 11) is 0. The maximum absolute atomic E-state index is 13.1. The molecule has 1 atom stereocenters. The summed E-state index contributed by atoms with van der Waals surface area (Å²) in [5.41, 5.74) is 4.39. The molecule has 0 radical (unpaired) electrons. The van der Waals surface area contributed by atoms with Gasteiger partial charge in [-0.2, -0.15) is 0 Å². The zero-order valence-electron chi connectivity index (χ0n) is 25.5. The lowest BCUT2D eigenvalue weighted by Gasteiger charge is -2.40. The molecule has 0 spiro atoms. The predicted octanol–water partition coefficient (Wildman–Crippen LogP) is 7.00. The molecule has 2 heterocycles. The maximum atomic E-state index is 13.1. The Hall–Kier alpha value is -4.14. The third-order valence-corrected chi connectivity index (χ3v) is 8.86. The van der Waals surface area contributed by atoms with Gasteiger partial charge < -0.3 is 19.0 Å². The first-order valence-electron chi connectivity index (χ1n) is 15.2. The summed E-state index contributed by atoms with van der Waals surface area (Å²) in [5.74, 6) is 1.12. The molecule has 0 amide bonds. The largest absolute Gasteiger partial charge is 0.491 e. The lowest BCUT2D eigenvalue weighted by atomic mass is 9.96. The van der Waals surface area contributed by atoms with E-state index in [1.807, 2.05) is 13.8 Å². The molecule has 1 fully saturated rings. The first-order chi connectivity index (χ1) is 21.9. The predicted molar refractivity (Wildman–Crippen MR) is 178 cm³/mol. The number of piperazine rings is 1. The molecule has 0 aliphatic carbocycles. The molecule has 1 N–H and O–H groups in total. The Kier molecular flexibility index (Phi) is 9.52. The molecule has 232 valence electrons. The van der Waals surface area contributed by atoms with Gasteiger partial charge in [-0.15, -0.1) is 0 Å². The van der Waals surface area contributed by atoms with Crippen LogP contribution in [-0.4, -0.2) is 60.3 Å². The Balaban J connectivity index is 1.04. The van der Waals surface area contributed by atoms with Crippen LogP contribution < -0.4 is 14.9 Å². The average molecular weight is 625 g/mol. The fraction of sp³-hybridized carbons (Fsp3) is 0.270. The van der Waals surface area contributed by atoms with Crippen molar-refractivity contribution in [2.24, 2.45) is 0 Å². The van der Waals surface area contributed by atoms with Crippen LogP contribution in [0.1, 0.15) is 28.3 Å². The van der Waals surface area contributed by atoms with E-state index in [9.17, 15) is 9.90 Å². The number of halogens is 1. The Labute approximate surface area is 268 Å². The highest BCUT2D eigenvalue weighted by Gasteiger charge is 2.27. The smallest absolute Gasteiger partial charge is 0.235 e. The number of aliphatic hydroxyl groups is 1. The summed E-state index contributed by atoms with van der Waals surface area (Å²) in [4.78, 5) is 17.9. The zero-order valence-corrected chi connectivity index (χ0v) is 26.2. The van der Waals surface area contributed by atoms with Crippen LogP contribution in [0.5, 0.6) is 17.2 Å². The topological polar surface area (TPSA) is 75.4 Å². The Morgan fingerprint density at radius 2 is 1.47 bits per heavy atom. The van der Waals surface area contributed by atoms with Crippen LogP contribution in [0.2, 0.25) is 5.02 Å². The van der Waals surface area contributed by atoms with Crippen LogP contribution in [0, 0.1) is 13.8 Å². The van der Waals surface area contributed by atoms with E-state index in [2.05, 4.69) is 70.5 Å². The molecule has 1 aromatic heterocycles. The highest BCUT2D eigenvalue weighted by atomic mass is 35.5. The van der Waals surface area contributed by atoms with E-state index >= 15 is 0 Å². The Morgan fingerprint density at radius 1 is 0.844 bits per heavy atom. The molecule has 0 unspecified atom stereocenters. The fourth-order valence-corrected chi connectivity index (χ4v) is 6.08. The quantitative estimate of drug-likeness (QED) is 0.179. The second-order valence-electron chi connectivity index (χ2n) is 11.6. The summed E-state index contributed by atoms with van der Waals surface area (Å²) in [6.07, 6.45) is 0.642. The van der Waals surface area contributed by atoms with Crippen LogP contribution in [0.4, 0.5) is 0 Å². The normalized spacial score (nSPS) is 15.0. The maximum Gasteiger partial charge on any atom is 0.235 e. The van der Waals surface area contributed by atoms with E-state index in [-0.39, 0.29) is 23.8 Å². The van der Waals surface area contributed by atoms with Crippen molar-refractivity contribution in [3.63, 3.8) is 0 Å². The molecule has 4 aromatic carbocycles. The van der Waals surface area contributed by atoms with Gasteiger partial charge in [-0.1, -0.05) is 72.3 Å². The van der Waals surface area contributed by atoms with E-state index < -0.39 is 6.10 Å². The number of rotatable bonds is 10. The van der Waals surface area contributed by atoms with Crippen LogP contribution in [0.3, 0.4) is 0 Å². The van der Waals surface area contributed by atoms with Gasteiger partial charge in [-0.05, 0) is 60.4 Å². The number of hydrogen-bond donors (Lipinski definition) is 1. The molecule has 6 rings (SSSR count). The number of aliphatic hydroxyl groups excluding tert-OH is 1. The Bertz CT molecular complexity index is 1740. The highest BCUT2D eigenvalue weighted by Crippen LogP contribution is 2.31. The van der Waals surface area contributed by atoms with Crippen LogP contribution in [-0.2, 0) is 0 Å². The number of aryl methyl sites for hydroxylation is 2. The van der Waals surface area contributed by atoms with Gasteiger partial charge in [0.2, 0.25) is 11.2 Å². The molecule has 1 aliphatic heterocycles. The lowest BCUT2D eigenvalue weighted by molar-refractivity contribution is 0.0401. The van der Waals surface area contributed by atoms with E-state index in [0.717, 1.165) is 37.3 Å². The van der Waals surface area contributed by atoms with Gasteiger partial charge in [0.05, 0.1) is 11.4 Å². The molecule has 1 saturated heterocycles. The summed E-state index contributed by atoms with van der Waals surface area (Å²) in [6, 6.07) is 30.0.